The van der Waals surface area contributed by atoms with Crippen molar-refractivity contribution in [3.63, 3.8) is 0 Å². The Labute approximate surface area is 124 Å². The van der Waals surface area contributed by atoms with E-state index < -0.39 is 5.97 Å². The Morgan fingerprint density at radius 3 is 2.86 bits per heavy atom. The highest BCUT2D eigenvalue weighted by molar-refractivity contribution is 5.92. The van der Waals surface area contributed by atoms with E-state index >= 15 is 0 Å². The Balaban J connectivity index is 1.77. The summed E-state index contributed by atoms with van der Waals surface area (Å²) in [5.41, 5.74) is 0.879. The molecular weight excluding hydrogens is 266 g/mol. The molecule has 1 saturated carbocycles. The van der Waals surface area contributed by atoms with Gasteiger partial charge in [-0.05, 0) is 36.8 Å². The average Bonchev–Trinajstić information content (AvgIpc) is 2.85. The van der Waals surface area contributed by atoms with Crippen LogP contribution >= 0.6 is 0 Å². The second-order valence-corrected chi connectivity index (χ2v) is 6.05. The second-order valence-electron chi connectivity index (χ2n) is 6.05. The van der Waals surface area contributed by atoms with Crippen LogP contribution in [0.4, 0.5) is 5.82 Å². The lowest BCUT2D eigenvalue weighted by molar-refractivity contribution is 0.0690. The molecule has 21 heavy (non-hydrogen) atoms. The van der Waals surface area contributed by atoms with Crippen LogP contribution in [0, 0.1) is 11.8 Å². The Kier molecular flexibility index (Phi) is 3.82. The maximum Gasteiger partial charge on any atom is 0.356 e. The molecule has 2 aromatic rings. The summed E-state index contributed by atoms with van der Waals surface area (Å²) in [6.45, 7) is 3.10. The first kappa shape index (κ1) is 13.9. The fourth-order valence-corrected chi connectivity index (χ4v) is 3.10. The zero-order valence-corrected chi connectivity index (χ0v) is 12.2. The minimum absolute atomic E-state index is 0.217. The van der Waals surface area contributed by atoms with Crippen LogP contribution in [0.3, 0.4) is 0 Å². The lowest BCUT2D eigenvalue weighted by Crippen LogP contribution is -2.21. The molecule has 0 amide bonds. The van der Waals surface area contributed by atoms with Gasteiger partial charge in [0.2, 0.25) is 0 Å². The first-order chi connectivity index (χ1) is 10.1. The van der Waals surface area contributed by atoms with Crippen molar-refractivity contribution in [2.45, 2.75) is 32.6 Å². The summed E-state index contributed by atoms with van der Waals surface area (Å²) in [6, 6.07) is 5.49. The van der Waals surface area contributed by atoms with Crippen molar-refractivity contribution in [1.82, 2.24) is 9.38 Å². The molecule has 1 aliphatic carbocycles. The Bertz CT molecular complexity index is 642. The third-order valence-electron chi connectivity index (χ3n) is 4.43. The third kappa shape index (κ3) is 2.86. The molecule has 0 saturated heterocycles. The number of imidazole rings is 1. The van der Waals surface area contributed by atoms with Crippen LogP contribution in [0.2, 0.25) is 0 Å². The number of carboxylic acid groups (broad SMARTS) is 1. The predicted molar refractivity (Wildman–Crippen MR) is 81.8 cm³/mol. The van der Waals surface area contributed by atoms with Gasteiger partial charge >= 0.3 is 5.97 Å². The first-order valence-electron chi connectivity index (χ1n) is 7.59. The summed E-state index contributed by atoms with van der Waals surface area (Å²) < 4.78 is 1.62. The zero-order chi connectivity index (χ0) is 14.8. The first-order valence-corrected chi connectivity index (χ1v) is 7.59. The van der Waals surface area contributed by atoms with Crippen molar-refractivity contribution in [2.24, 2.45) is 11.8 Å². The van der Waals surface area contributed by atoms with Gasteiger partial charge in [-0.3, -0.25) is 4.40 Å². The lowest BCUT2D eigenvalue weighted by atomic mass is 9.83. The van der Waals surface area contributed by atoms with Gasteiger partial charge in [-0.2, -0.15) is 0 Å². The molecular formula is C16H21N3O2. The number of hydrogen-bond acceptors (Lipinski definition) is 3. The number of nitrogens with zero attached hydrogens (tertiary/aromatic N) is 2. The molecule has 0 unspecified atom stereocenters. The van der Waals surface area contributed by atoms with Crippen molar-refractivity contribution in [2.75, 3.05) is 11.9 Å². The van der Waals surface area contributed by atoms with E-state index in [0.717, 1.165) is 12.5 Å². The summed E-state index contributed by atoms with van der Waals surface area (Å²) in [4.78, 5) is 15.9. The van der Waals surface area contributed by atoms with Gasteiger partial charge < -0.3 is 10.4 Å². The summed E-state index contributed by atoms with van der Waals surface area (Å²) >= 11 is 0. The van der Waals surface area contributed by atoms with E-state index in [0.29, 0.717) is 17.4 Å². The summed E-state index contributed by atoms with van der Waals surface area (Å²) in [5, 5.41) is 12.7. The molecule has 5 heteroatoms. The van der Waals surface area contributed by atoms with Gasteiger partial charge in [0.05, 0.1) is 0 Å². The van der Waals surface area contributed by atoms with Gasteiger partial charge in [-0.1, -0.05) is 25.8 Å². The zero-order valence-electron chi connectivity index (χ0n) is 12.2. The van der Waals surface area contributed by atoms with Crippen molar-refractivity contribution >= 4 is 17.4 Å². The Morgan fingerprint density at radius 2 is 2.14 bits per heavy atom. The van der Waals surface area contributed by atoms with Crippen LogP contribution in [0.25, 0.3) is 5.65 Å². The standard InChI is InChI=1S/C16H21N3O2/c1-11-5-7-12(8-6-11)10-17-15-14(16(20)21)19-9-3-2-4-13(19)18-15/h2-4,9,11-12,17H,5-8,10H2,1H3,(H,20,21). The van der Waals surface area contributed by atoms with Crippen LogP contribution in [0.1, 0.15) is 43.1 Å². The van der Waals surface area contributed by atoms with E-state index in [1.165, 1.54) is 25.7 Å². The lowest BCUT2D eigenvalue weighted by Gasteiger charge is -2.26. The molecule has 2 N–H and O–H groups in total. The van der Waals surface area contributed by atoms with E-state index in [1.54, 1.807) is 10.6 Å². The highest BCUT2D eigenvalue weighted by atomic mass is 16.4. The van der Waals surface area contributed by atoms with E-state index in [2.05, 4.69) is 17.2 Å². The number of nitrogens with one attached hydrogen (secondary N) is 1. The summed E-state index contributed by atoms with van der Waals surface area (Å²) in [5.74, 6) is 0.972. The predicted octanol–water partition coefficient (Wildman–Crippen LogP) is 3.27. The van der Waals surface area contributed by atoms with E-state index in [4.69, 9.17) is 0 Å². The number of aromatic carboxylic acids is 1. The summed E-state index contributed by atoms with van der Waals surface area (Å²) in [7, 11) is 0. The molecule has 0 aromatic carbocycles. The Hall–Kier alpha value is -2.04. The van der Waals surface area contributed by atoms with Crippen LogP contribution in [-0.2, 0) is 0 Å². The molecule has 3 rings (SSSR count). The SMILES string of the molecule is CC1CCC(CNc2nc3ccccn3c2C(=O)O)CC1. The fraction of sp³-hybridized carbons (Fsp3) is 0.500. The Morgan fingerprint density at radius 1 is 1.38 bits per heavy atom. The smallest absolute Gasteiger partial charge is 0.356 e. The van der Waals surface area contributed by atoms with Gasteiger partial charge in [-0.25, -0.2) is 9.78 Å². The van der Waals surface area contributed by atoms with Crippen molar-refractivity contribution in [3.05, 3.63) is 30.1 Å². The molecule has 0 bridgehead atoms. The van der Waals surface area contributed by atoms with Gasteiger partial charge in [0, 0.05) is 12.7 Å². The number of fused-ring (bicyclic) bond motifs is 1. The van der Waals surface area contributed by atoms with Crippen LogP contribution in [-0.4, -0.2) is 27.0 Å². The maximum atomic E-state index is 11.5. The molecule has 1 fully saturated rings. The monoisotopic (exact) mass is 287 g/mol. The van der Waals surface area contributed by atoms with Gasteiger partial charge in [0.25, 0.3) is 0 Å². The van der Waals surface area contributed by atoms with Crippen LogP contribution < -0.4 is 5.32 Å². The largest absolute Gasteiger partial charge is 0.476 e. The molecule has 0 radical (unpaired) electrons. The minimum Gasteiger partial charge on any atom is -0.476 e. The summed E-state index contributed by atoms with van der Waals surface area (Å²) in [6.07, 6.45) is 6.69. The van der Waals surface area contributed by atoms with Crippen LogP contribution in [0.15, 0.2) is 24.4 Å². The van der Waals surface area contributed by atoms with E-state index in [-0.39, 0.29) is 5.69 Å². The highest BCUT2D eigenvalue weighted by Crippen LogP contribution is 2.28. The highest BCUT2D eigenvalue weighted by Gasteiger charge is 2.21. The van der Waals surface area contributed by atoms with Crippen molar-refractivity contribution < 1.29 is 9.90 Å². The molecule has 2 aromatic heterocycles. The van der Waals surface area contributed by atoms with Gasteiger partial charge in [-0.15, -0.1) is 0 Å². The molecule has 0 atom stereocenters. The van der Waals surface area contributed by atoms with E-state index in [1.807, 2.05) is 18.2 Å². The third-order valence-corrected chi connectivity index (χ3v) is 4.43. The number of rotatable bonds is 4. The number of carbonyl (C=O) groups is 1. The van der Waals surface area contributed by atoms with Gasteiger partial charge in [0.15, 0.2) is 11.5 Å². The number of pyridine rings is 1. The quantitative estimate of drug-likeness (QED) is 0.905. The molecule has 2 heterocycles. The molecule has 5 nitrogen and oxygen atoms in total. The normalized spacial score (nSPS) is 22.3. The topological polar surface area (TPSA) is 66.6 Å². The fourth-order valence-electron chi connectivity index (χ4n) is 3.10. The van der Waals surface area contributed by atoms with Crippen molar-refractivity contribution in [1.29, 1.82) is 0 Å². The number of carboxylic acids is 1. The second kappa shape index (κ2) is 5.76. The number of hydrogen-bond donors (Lipinski definition) is 2. The molecule has 112 valence electrons. The van der Waals surface area contributed by atoms with Crippen LogP contribution in [0.5, 0.6) is 0 Å². The average molecular weight is 287 g/mol. The van der Waals surface area contributed by atoms with Crippen molar-refractivity contribution in [3.8, 4) is 0 Å². The minimum atomic E-state index is -0.950. The van der Waals surface area contributed by atoms with E-state index in [9.17, 15) is 9.90 Å². The molecule has 0 spiro atoms. The maximum absolute atomic E-state index is 11.5. The number of anilines is 1. The number of aromatic nitrogens is 2. The molecule has 0 aliphatic heterocycles. The van der Waals surface area contributed by atoms with Gasteiger partial charge in [0.1, 0.15) is 5.65 Å². The molecule has 1 aliphatic rings.